The molecule has 108 valence electrons. The van der Waals surface area contributed by atoms with Crippen molar-refractivity contribution in [2.45, 2.75) is 52.0 Å². The van der Waals surface area contributed by atoms with E-state index in [1.54, 1.807) is 0 Å². The highest BCUT2D eigenvalue weighted by Crippen LogP contribution is 2.29. The quantitative estimate of drug-likeness (QED) is 0.829. The number of likely N-dealkylation sites (tertiary alicyclic amines) is 1. The Hall–Kier alpha value is -0.380. The highest BCUT2D eigenvalue weighted by Gasteiger charge is 2.15. The number of rotatable bonds is 5. The SMILES string of the molecule is CC(C)(C)c1ccc(CNCCN2CCCCC2)s1. The summed E-state index contributed by atoms with van der Waals surface area (Å²) < 4.78 is 0. The summed E-state index contributed by atoms with van der Waals surface area (Å²) in [5.41, 5.74) is 0.288. The molecule has 0 aromatic carbocycles. The second-order valence-electron chi connectivity index (χ2n) is 6.60. The van der Waals surface area contributed by atoms with Crippen LogP contribution in [0.3, 0.4) is 0 Å². The van der Waals surface area contributed by atoms with Crippen LogP contribution in [0.1, 0.15) is 49.8 Å². The van der Waals surface area contributed by atoms with Crippen LogP contribution in [0.25, 0.3) is 0 Å². The fourth-order valence-corrected chi connectivity index (χ4v) is 3.54. The van der Waals surface area contributed by atoms with Gasteiger partial charge in [-0.15, -0.1) is 11.3 Å². The van der Waals surface area contributed by atoms with Gasteiger partial charge < -0.3 is 10.2 Å². The van der Waals surface area contributed by atoms with Gasteiger partial charge in [0.2, 0.25) is 0 Å². The fourth-order valence-electron chi connectivity index (χ4n) is 2.51. The highest BCUT2D eigenvalue weighted by molar-refractivity contribution is 7.12. The predicted octanol–water partition coefficient (Wildman–Crippen LogP) is 3.62. The van der Waals surface area contributed by atoms with Gasteiger partial charge in [0, 0.05) is 29.4 Å². The average Bonchev–Trinajstić information content (AvgIpc) is 2.85. The van der Waals surface area contributed by atoms with Crippen LogP contribution in [0.15, 0.2) is 12.1 Å². The normalized spacial score (nSPS) is 17.8. The van der Waals surface area contributed by atoms with E-state index in [9.17, 15) is 0 Å². The van der Waals surface area contributed by atoms with Gasteiger partial charge in [0.15, 0.2) is 0 Å². The molecule has 2 nitrogen and oxygen atoms in total. The second kappa shape index (κ2) is 6.87. The first-order valence-corrected chi connectivity index (χ1v) is 8.39. The summed E-state index contributed by atoms with van der Waals surface area (Å²) in [6.45, 7) is 12.8. The minimum Gasteiger partial charge on any atom is -0.311 e. The number of nitrogens with one attached hydrogen (secondary N) is 1. The van der Waals surface area contributed by atoms with Gasteiger partial charge in [0.05, 0.1) is 0 Å². The van der Waals surface area contributed by atoms with Gasteiger partial charge in [-0.3, -0.25) is 0 Å². The van der Waals surface area contributed by atoms with E-state index in [0.717, 1.165) is 13.1 Å². The van der Waals surface area contributed by atoms with Crippen molar-refractivity contribution in [2.24, 2.45) is 0 Å². The standard InChI is InChI=1S/C16H28N2S/c1-16(2,3)15-8-7-14(19-15)13-17-9-12-18-10-5-4-6-11-18/h7-8,17H,4-6,9-13H2,1-3H3. The van der Waals surface area contributed by atoms with Gasteiger partial charge in [-0.25, -0.2) is 0 Å². The Morgan fingerprint density at radius 1 is 1.16 bits per heavy atom. The molecule has 1 aromatic heterocycles. The van der Waals surface area contributed by atoms with Crippen LogP contribution in [0, 0.1) is 0 Å². The van der Waals surface area contributed by atoms with Gasteiger partial charge in [0.1, 0.15) is 0 Å². The summed E-state index contributed by atoms with van der Waals surface area (Å²) in [5, 5.41) is 3.58. The molecule has 2 heterocycles. The monoisotopic (exact) mass is 280 g/mol. The van der Waals surface area contributed by atoms with Crippen molar-refractivity contribution in [1.82, 2.24) is 10.2 Å². The van der Waals surface area contributed by atoms with E-state index in [4.69, 9.17) is 0 Å². The van der Waals surface area contributed by atoms with Crippen molar-refractivity contribution in [3.8, 4) is 0 Å². The summed E-state index contributed by atoms with van der Waals surface area (Å²) >= 11 is 1.95. The zero-order chi connectivity index (χ0) is 13.7. The first-order chi connectivity index (χ1) is 9.05. The third-order valence-corrected chi connectivity index (χ3v) is 5.26. The minimum absolute atomic E-state index is 0.288. The Morgan fingerprint density at radius 2 is 1.89 bits per heavy atom. The molecule has 1 aromatic rings. The number of nitrogens with zero attached hydrogens (tertiary/aromatic N) is 1. The molecule has 0 radical (unpaired) electrons. The Kier molecular flexibility index (Phi) is 5.43. The van der Waals surface area contributed by atoms with Crippen LogP contribution in [0.2, 0.25) is 0 Å². The molecule has 3 heteroatoms. The summed E-state index contributed by atoms with van der Waals surface area (Å²) in [6, 6.07) is 4.56. The summed E-state index contributed by atoms with van der Waals surface area (Å²) in [5.74, 6) is 0. The molecule has 0 bridgehead atoms. The van der Waals surface area contributed by atoms with E-state index in [2.05, 4.69) is 43.1 Å². The first kappa shape index (κ1) is 15.0. The van der Waals surface area contributed by atoms with E-state index in [-0.39, 0.29) is 5.41 Å². The molecule has 0 amide bonds. The van der Waals surface area contributed by atoms with Crippen molar-refractivity contribution in [3.05, 3.63) is 21.9 Å². The first-order valence-electron chi connectivity index (χ1n) is 7.58. The van der Waals surface area contributed by atoms with Crippen molar-refractivity contribution < 1.29 is 0 Å². The smallest absolute Gasteiger partial charge is 0.0300 e. The molecule has 1 saturated heterocycles. The summed E-state index contributed by atoms with van der Waals surface area (Å²) in [7, 11) is 0. The molecule has 1 N–H and O–H groups in total. The Labute approximate surface area is 122 Å². The zero-order valence-corrected chi connectivity index (χ0v) is 13.5. The Bertz CT molecular complexity index is 372. The molecule has 0 spiro atoms. The van der Waals surface area contributed by atoms with Gasteiger partial charge >= 0.3 is 0 Å². The molecular weight excluding hydrogens is 252 g/mol. The Balaban J connectivity index is 1.66. The predicted molar refractivity (Wildman–Crippen MR) is 85.0 cm³/mol. The summed E-state index contributed by atoms with van der Waals surface area (Å²) in [6.07, 6.45) is 4.20. The molecule has 0 atom stereocenters. The molecule has 0 aliphatic carbocycles. The van der Waals surface area contributed by atoms with Gasteiger partial charge in [0.25, 0.3) is 0 Å². The third kappa shape index (κ3) is 4.90. The van der Waals surface area contributed by atoms with Crippen molar-refractivity contribution in [2.75, 3.05) is 26.2 Å². The zero-order valence-electron chi connectivity index (χ0n) is 12.7. The number of hydrogen-bond acceptors (Lipinski definition) is 3. The molecular formula is C16H28N2S. The molecule has 0 saturated carbocycles. The number of thiophene rings is 1. The van der Waals surface area contributed by atoms with Gasteiger partial charge in [-0.2, -0.15) is 0 Å². The molecule has 1 aliphatic rings. The maximum absolute atomic E-state index is 3.58. The van der Waals surface area contributed by atoms with E-state index < -0.39 is 0 Å². The van der Waals surface area contributed by atoms with Crippen molar-refractivity contribution in [3.63, 3.8) is 0 Å². The molecule has 1 aliphatic heterocycles. The second-order valence-corrected chi connectivity index (χ2v) is 7.76. The van der Waals surface area contributed by atoms with Crippen LogP contribution in [-0.4, -0.2) is 31.1 Å². The lowest BCUT2D eigenvalue weighted by Crippen LogP contribution is -2.35. The van der Waals surface area contributed by atoms with Crippen LogP contribution >= 0.6 is 11.3 Å². The van der Waals surface area contributed by atoms with Crippen LogP contribution < -0.4 is 5.32 Å². The lowest BCUT2D eigenvalue weighted by Gasteiger charge is -2.26. The van der Waals surface area contributed by atoms with Gasteiger partial charge in [-0.05, 0) is 43.5 Å². The van der Waals surface area contributed by atoms with Crippen molar-refractivity contribution >= 4 is 11.3 Å². The Morgan fingerprint density at radius 3 is 2.53 bits per heavy atom. The largest absolute Gasteiger partial charge is 0.311 e. The topological polar surface area (TPSA) is 15.3 Å². The van der Waals surface area contributed by atoms with E-state index in [0.29, 0.717) is 0 Å². The van der Waals surface area contributed by atoms with Crippen LogP contribution in [-0.2, 0) is 12.0 Å². The number of hydrogen-bond donors (Lipinski definition) is 1. The molecule has 1 fully saturated rings. The summed E-state index contributed by atoms with van der Waals surface area (Å²) in [4.78, 5) is 5.54. The van der Waals surface area contributed by atoms with Crippen LogP contribution in [0.5, 0.6) is 0 Å². The van der Waals surface area contributed by atoms with Gasteiger partial charge in [-0.1, -0.05) is 27.2 Å². The third-order valence-electron chi connectivity index (χ3n) is 3.75. The lowest BCUT2D eigenvalue weighted by atomic mass is 9.95. The van der Waals surface area contributed by atoms with Crippen molar-refractivity contribution in [1.29, 1.82) is 0 Å². The van der Waals surface area contributed by atoms with E-state index in [1.165, 1.54) is 48.7 Å². The highest BCUT2D eigenvalue weighted by atomic mass is 32.1. The van der Waals surface area contributed by atoms with E-state index >= 15 is 0 Å². The van der Waals surface area contributed by atoms with Crippen LogP contribution in [0.4, 0.5) is 0 Å². The number of piperidine rings is 1. The van der Waals surface area contributed by atoms with E-state index in [1.807, 2.05) is 11.3 Å². The lowest BCUT2D eigenvalue weighted by molar-refractivity contribution is 0.229. The average molecular weight is 280 g/mol. The maximum atomic E-state index is 3.58. The molecule has 0 unspecified atom stereocenters. The fraction of sp³-hybridized carbons (Fsp3) is 0.750. The molecule has 2 rings (SSSR count). The minimum atomic E-state index is 0.288. The maximum Gasteiger partial charge on any atom is 0.0300 e. The molecule has 19 heavy (non-hydrogen) atoms.